The van der Waals surface area contributed by atoms with Gasteiger partial charge in [-0.15, -0.1) is 0 Å². The summed E-state index contributed by atoms with van der Waals surface area (Å²) in [5.74, 6) is 0.340. The van der Waals surface area contributed by atoms with Gasteiger partial charge in [-0.2, -0.15) is 0 Å². The molecular formula is C13H20BrNO. The molecule has 1 unspecified atom stereocenters. The fourth-order valence-corrected chi connectivity index (χ4v) is 1.91. The van der Waals surface area contributed by atoms with E-state index in [0.717, 1.165) is 24.0 Å². The molecule has 0 saturated carbocycles. The first-order chi connectivity index (χ1) is 7.59. The lowest BCUT2D eigenvalue weighted by Crippen LogP contribution is -2.23. The third-order valence-electron chi connectivity index (χ3n) is 2.60. The van der Waals surface area contributed by atoms with Crippen LogP contribution in [-0.4, -0.2) is 17.8 Å². The van der Waals surface area contributed by atoms with E-state index in [9.17, 15) is 5.11 Å². The van der Waals surface area contributed by atoms with E-state index in [1.807, 2.05) is 26.0 Å². The van der Waals surface area contributed by atoms with Crippen molar-refractivity contribution in [1.29, 1.82) is 0 Å². The minimum Gasteiger partial charge on any atom is -0.393 e. The van der Waals surface area contributed by atoms with Crippen LogP contribution in [0.15, 0.2) is 28.7 Å². The van der Waals surface area contributed by atoms with Crippen molar-refractivity contribution in [2.24, 2.45) is 5.92 Å². The van der Waals surface area contributed by atoms with Crippen molar-refractivity contribution >= 4 is 15.9 Å². The molecule has 0 bridgehead atoms. The Morgan fingerprint density at radius 2 is 2.12 bits per heavy atom. The van der Waals surface area contributed by atoms with Crippen LogP contribution in [0, 0.1) is 5.92 Å². The molecule has 0 aliphatic carbocycles. The monoisotopic (exact) mass is 285 g/mol. The van der Waals surface area contributed by atoms with Gasteiger partial charge in [-0.05, 0) is 36.6 Å². The molecule has 0 heterocycles. The molecule has 2 N–H and O–H groups in total. The SMILES string of the molecule is CC(C)C(O)CCNCc1cccc(Br)c1. The first-order valence-corrected chi connectivity index (χ1v) is 6.52. The summed E-state index contributed by atoms with van der Waals surface area (Å²) in [6.07, 6.45) is 0.612. The van der Waals surface area contributed by atoms with Crippen LogP contribution in [0.5, 0.6) is 0 Å². The van der Waals surface area contributed by atoms with Crippen molar-refractivity contribution in [2.75, 3.05) is 6.54 Å². The van der Waals surface area contributed by atoms with E-state index in [2.05, 4.69) is 33.4 Å². The van der Waals surface area contributed by atoms with Crippen LogP contribution in [0.3, 0.4) is 0 Å². The molecule has 0 saturated heterocycles. The third-order valence-corrected chi connectivity index (χ3v) is 3.10. The number of halogens is 1. The molecule has 1 aromatic carbocycles. The van der Waals surface area contributed by atoms with Gasteiger partial charge in [0.05, 0.1) is 6.10 Å². The molecule has 0 radical (unpaired) electrons. The predicted octanol–water partition coefficient (Wildman–Crippen LogP) is 2.95. The highest BCUT2D eigenvalue weighted by molar-refractivity contribution is 9.10. The lowest BCUT2D eigenvalue weighted by atomic mass is 10.0. The number of rotatable bonds is 6. The van der Waals surface area contributed by atoms with Crippen LogP contribution >= 0.6 is 15.9 Å². The van der Waals surface area contributed by atoms with E-state index < -0.39 is 0 Å². The van der Waals surface area contributed by atoms with Crippen LogP contribution in [0.25, 0.3) is 0 Å². The van der Waals surface area contributed by atoms with E-state index in [-0.39, 0.29) is 6.10 Å². The topological polar surface area (TPSA) is 32.3 Å². The maximum Gasteiger partial charge on any atom is 0.0575 e. The van der Waals surface area contributed by atoms with Crippen molar-refractivity contribution in [3.05, 3.63) is 34.3 Å². The number of aliphatic hydroxyl groups is 1. The van der Waals surface area contributed by atoms with E-state index >= 15 is 0 Å². The average Bonchev–Trinajstić information content (AvgIpc) is 2.24. The molecular weight excluding hydrogens is 266 g/mol. The maximum absolute atomic E-state index is 9.62. The maximum atomic E-state index is 9.62. The molecule has 1 rings (SSSR count). The molecule has 0 amide bonds. The minimum absolute atomic E-state index is 0.199. The van der Waals surface area contributed by atoms with Gasteiger partial charge in [-0.1, -0.05) is 41.9 Å². The van der Waals surface area contributed by atoms with Crippen LogP contribution < -0.4 is 5.32 Å². The molecule has 0 fully saturated rings. The zero-order chi connectivity index (χ0) is 12.0. The second-order valence-electron chi connectivity index (χ2n) is 4.41. The van der Waals surface area contributed by atoms with Crippen molar-refractivity contribution in [2.45, 2.75) is 32.9 Å². The van der Waals surface area contributed by atoms with Gasteiger partial charge in [0.25, 0.3) is 0 Å². The number of hydrogen-bond acceptors (Lipinski definition) is 2. The van der Waals surface area contributed by atoms with Gasteiger partial charge >= 0.3 is 0 Å². The average molecular weight is 286 g/mol. The molecule has 0 aliphatic heterocycles. The Bertz CT molecular complexity index is 315. The molecule has 0 aliphatic rings. The highest BCUT2D eigenvalue weighted by Gasteiger charge is 2.07. The van der Waals surface area contributed by atoms with E-state index in [0.29, 0.717) is 5.92 Å². The summed E-state index contributed by atoms with van der Waals surface area (Å²) in [5.41, 5.74) is 1.26. The van der Waals surface area contributed by atoms with Crippen LogP contribution in [0.4, 0.5) is 0 Å². The van der Waals surface area contributed by atoms with Crippen LogP contribution in [0.1, 0.15) is 25.8 Å². The molecule has 90 valence electrons. The zero-order valence-electron chi connectivity index (χ0n) is 9.91. The van der Waals surface area contributed by atoms with Gasteiger partial charge in [0.15, 0.2) is 0 Å². The Labute approximate surface area is 106 Å². The highest BCUT2D eigenvalue weighted by Crippen LogP contribution is 2.11. The predicted molar refractivity (Wildman–Crippen MR) is 71.3 cm³/mol. The van der Waals surface area contributed by atoms with Gasteiger partial charge in [-0.3, -0.25) is 0 Å². The summed E-state index contributed by atoms with van der Waals surface area (Å²) in [6, 6.07) is 8.25. The Hall–Kier alpha value is -0.380. The van der Waals surface area contributed by atoms with Gasteiger partial charge in [0.2, 0.25) is 0 Å². The number of aliphatic hydroxyl groups excluding tert-OH is 1. The molecule has 0 spiro atoms. The van der Waals surface area contributed by atoms with Crippen molar-refractivity contribution in [1.82, 2.24) is 5.32 Å². The Kier molecular flexibility index (Phi) is 6.03. The normalized spacial score (nSPS) is 13.1. The number of benzene rings is 1. The van der Waals surface area contributed by atoms with Crippen molar-refractivity contribution in [3.63, 3.8) is 0 Å². The Morgan fingerprint density at radius 3 is 2.75 bits per heavy atom. The fraction of sp³-hybridized carbons (Fsp3) is 0.538. The molecule has 0 aromatic heterocycles. The summed E-state index contributed by atoms with van der Waals surface area (Å²) in [5, 5.41) is 13.0. The Morgan fingerprint density at radius 1 is 1.38 bits per heavy atom. The van der Waals surface area contributed by atoms with Crippen molar-refractivity contribution < 1.29 is 5.11 Å². The smallest absolute Gasteiger partial charge is 0.0575 e. The minimum atomic E-state index is -0.199. The second-order valence-corrected chi connectivity index (χ2v) is 5.32. The zero-order valence-corrected chi connectivity index (χ0v) is 11.5. The van der Waals surface area contributed by atoms with E-state index in [1.165, 1.54) is 5.56 Å². The quantitative estimate of drug-likeness (QED) is 0.788. The Balaban J connectivity index is 2.21. The van der Waals surface area contributed by atoms with Crippen LogP contribution in [-0.2, 0) is 6.54 Å². The standard InChI is InChI=1S/C13H20BrNO/c1-10(2)13(16)6-7-15-9-11-4-3-5-12(14)8-11/h3-5,8,10,13,15-16H,6-7,9H2,1-2H3. The van der Waals surface area contributed by atoms with Crippen molar-refractivity contribution in [3.8, 4) is 0 Å². The largest absolute Gasteiger partial charge is 0.393 e. The van der Waals surface area contributed by atoms with Gasteiger partial charge < -0.3 is 10.4 Å². The molecule has 3 heteroatoms. The summed E-state index contributed by atoms with van der Waals surface area (Å²) >= 11 is 3.45. The van der Waals surface area contributed by atoms with Crippen LogP contribution in [0.2, 0.25) is 0 Å². The first-order valence-electron chi connectivity index (χ1n) is 5.73. The first kappa shape index (κ1) is 13.7. The fourth-order valence-electron chi connectivity index (χ4n) is 1.46. The van der Waals surface area contributed by atoms with Gasteiger partial charge in [-0.25, -0.2) is 0 Å². The highest BCUT2D eigenvalue weighted by atomic mass is 79.9. The third kappa shape index (κ3) is 5.10. The number of nitrogens with one attached hydrogen (secondary N) is 1. The molecule has 16 heavy (non-hydrogen) atoms. The lowest BCUT2D eigenvalue weighted by molar-refractivity contribution is 0.116. The molecule has 1 atom stereocenters. The summed E-state index contributed by atoms with van der Waals surface area (Å²) in [6.45, 7) is 5.79. The van der Waals surface area contributed by atoms with Gasteiger partial charge in [0.1, 0.15) is 0 Å². The van der Waals surface area contributed by atoms with E-state index in [4.69, 9.17) is 0 Å². The summed E-state index contributed by atoms with van der Waals surface area (Å²) < 4.78 is 1.11. The van der Waals surface area contributed by atoms with E-state index in [1.54, 1.807) is 0 Å². The second kappa shape index (κ2) is 7.05. The molecule has 2 nitrogen and oxygen atoms in total. The summed E-state index contributed by atoms with van der Waals surface area (Å²) in [4.78, 5) is 0. The van der Waals surface area contributed by atoms with Gasteiger partial charge in [0, 0.05) is 11.0 Å². The summed E-state index contributed by atoms with van der Waals surface area (Å²) in [7, 11) is 0. The lowest BCUT2D eigenvalue weighted by Gasteiger charge is -2.14. The number of hydrogen-bond donors (Lipinski definition) is 2. The molecule has 1 aromatic rings.